The first-order valence-electron chi connectivity index (χ1n) is 8.50. The summed E-state index contributed by atoms with van der Waals surface area (Å²) in [5.74, 6) is 1.12. The Morgan fingerprint density at radius 3 is 2.54 bits per heavy atom. The van der Waals surface area contributed by atoms with Crippen LogP contribution in [0.25, 0.3) is 11.6 Å². The molecule has 1 amide bonds. The van der Waals surface area contributed by atoms with Gasteiger partial charge < -0.3 is 14.5 Å². The summed E-state index contributed by atoms with van der Waals surface area (Å²) in [6, 6.07) is 20.5. The van der Waals surface area contributed by atoms with Crippen molar-refractivity contribution in [3.63, 3.8) is 0 Å². The molecule has 0 aliphatic rings. The fraction of sp³-hybridized carbons (Fsp3) is 0.136. The van der Waals surface area contributed by atoms with Gasteiger partial charge in [0.25, 0.3) is 5.91 Å². The maximum absolute atomic E-state index is 12.9. The van der Waals surface area contributed by atoms with Crippen LogP contribution in [-0.2, 0) is 4.79 Å². The maximum Gasteiger partial charge on any atom is 0.256 e. The van der Waals surface area contributed by atoms with Gasteiger partial charge in [-0.25, -0.2) is 0 Å². The lowest BCUT2D eigenvalue weighted by Gasteiger charge is -2.12. The predicted molar refractivity (Wildman–Crippen MR) is 104 cm³/mol. The molecule has 0 bridgehead atoms. The summed E-state index contributed by atoms with van der Waals surface area (Å²) in [7, 11) is 0. The molecule has 1 heterocycles. The Morgan fingerprint density at radius 2 is 1.85 bits per heavy atom. The second kappa shape index (κ2) is 8.21. The Kier molecular flexibility index (Phi) is 5.54. The first kappa shape index (κ1) is 17.5. The van der Waals surface area contributed by atoms with Crippen LogP contribution < -0.4 is 10.1 Å². The standard InChI is InChI=1S/C22H21NO3/c1-16(2)26-20-11-6-10-18(14-20)23-22(24)21(15-19-12-7-13-25-19)17-8-4-3-5-9-17/h3-16H,1-2H3,(H,23,24)/b21-15+. The fourth-order valence-electron chi connectivity index (χ4n) is 2.53. The lowest BCUT2D eigenvalue weighted by Crippen LogP contribution is -2.14. The number of benzene rings is 2. The number of furan rings is 1. The molecule has 0 atom stereocenters. The molecule has 4 nitrogen and oxygen atoms in total. The van der Waals surface area contributed by atoms with Gasteiger partial charge in [0, 0.05) is 11.8 Å². The zero-order chi connectivity index (χ0) is 18.4. The van der Waals surface area contributed by atoms with E-state index in [0.717, 1.165) is 5.56 Å². The highest BCUT2D eigenvalue weighted by molar-refractivity contribution is 6.29. The molecule has 1 N–H and O–H groups in total. The van der Waals surface area contributed by atoms with E-state index < -0.39 is 0 Å². The number of ether oxygens (including phenoxy) is 1. The van der Waals surface area contributed by atoms with Gasteiger partial charge >= 0.3 is 0 Å². The normalized spacial score (nSPS) is 11.4. The molecule has 0 saturated carbocycles. The molecule has 0 saturated heterocycles. The van der Waals surface area contributed by atoms with E-state index >= 15 is 0 Å². The van der Waals surface area contributed by atoms with Crippen molar-refractivity contribution in [1.82, 2.24) is 0 Å². The summed E-state index contributed by atoms with van der Waals surface area (Å²) in [5, 5.41) is 2.94. The Balaban J connectivity index is 1.87. The van der Waals surface area contributed by atoms with E-state index in [1.807, 2.05) is 74.5 Å². The molecule has 1 aromatic heterocycles. The van der Waals surface area contributed by atoms with E-state index in [1.54, 1.807) is 18.4 Å². The number of anilines is 1. The molecule has 2 aromatic carbocycles. The van der Waals surface area contributed by atoms with E-state index in [-0.39, 0.29) is 12.0 Å². The summed E-state index contributed by atoms with van der Waals surface area (Å²) in [6.45, 7) is 3.93. The van der Waals surface area contributed by atoms with E-state index in [1.165, 1.54) is 0 Å². The van der Waals surface area contributed by atoms with Crippen LogP contribution in [0.2, 0.25) is 0 Å². The zero-order valence-corrected chi connectivity index (χ0v) is 14.8. The Labute approximate surface area is 153 Å². The summed E-state index contributed by atoms with van der Waals surface area (Å²) in [5.41, 5.74) is 2.01. The number of hydrogen-bond donors (Lipinski definition) is 1. The van der Waals surface area contributed by atoms with Crippen molar-refractivity contribution in [2.24, 2.45) is 0 Å². The number of hydrogen-bond acceptors (Lipinski definition) is 3. The molecule has 3 rings (SSSR count). The highest BCUT2D eigenvalue weighted by Gasteiger charge is 2.13. The molecule has 0 spiro atoms. The number of nitrogens with one attached hydrogen (secondary N) is 1. The van der Waals surface area contributed by atoms with Gasteiger partial charge in [-0.05, 0) is 49.8 Å². The number of carbonyl (C=O) groups excluding carboxylic acids is 1. The molecule has 3 aromatic rings. The third-order valence-electron chi connectivity index (χ3n) is 3.62. The van der Waals surface area contributed by atoms with Gasteiger partial charge in [0.05, 0.1) is 17.9 Å². The van der Waals surface area contributed by atoms with Gasteiger partial charge in [-0.3, -0.25) is 4.79 Å². The second-order valence-electron chi connectivity index (χ2n) is 6.09. The van der Waals surface area contributed by atoms with Crippen molar-refractivity contribution in [3.8, 4) is 5.75 Å². The quantitative estimate of drug-likeness (QED) is 0.620. The van der Waals surface area contributed by atoms with Crippen LogP contribution in [0.5, 0.6) is 5.75 Å². The third-order valence-corrected chi connectivity index (χ3v) is 3.62. The van der Waals surface area contributed by atoms with Crippen molar-refractivity contribution in [2.75, 3.05) is 5.32 Å². The highest BCUT2D eigenvalue weighted by atomic mass is 16.5. The summed E-state index contributed by atoms with van der Waals surface area (Å²) < 4.78 is 11.1. The number of amides is 1. The lowest BCUT2D eigenvalue weighted by atomic mass is 10.0. The maximum atomic E-state index is 12.9. The van der Waals surface area contributed by atoms with Crippen LogP contribution in [0, 0.1) is 0 Å². The molecule has 132 valence electrons. The van der Waals surface area contributed by atoms with Crippen molar-refractivity contribution in [1.29, 1.82) is 0 Å². The summed E-state index contributed by atoms with van der Waals surface area (Å²) in [6.07, 6.45) is 3.39. The smallest absolute Gasteiger partial charge is 0.256 e. The minimum absolute atomic E-state index is 0.0691. The first-order valence-corrected chi connectivity index (χ1v) is 8.50. The van der Waals surface area contributed by atoms with Gasteiger partial charge in [-0.1, -0.05) is 36.4 Å². The summed E-state index contributed by atoms with van der Waals surface area (Å²) >= 11 is 0. The molecular weight excluding hydrogens is 326 g/mol. The predicted octanol–water partition coefficient (Wildman–Crippen LogP) is 5.25. The van der Waals surface area contributed by atoms with Crippen molar-refractivity contribution in [2.45, 2.75) is 20.0 Å². The van der Waals surface area contributed by atoms with Gasteiger partial charge in [0.1, 0.15) is 11.5 Å². The Bertz CT molecular complexity index is 881. The molecule has 0 unspecified atom stereocenters. The molecular formula is C22H21NO3. The van der Waals surface area contributed by atoms with Crippen LogP contribution in [0.1, 0.15) is 25.2 Å². The van der Waals surface area contributed by atoms with Gasteiger partial charge in [0.2, 0.25) is 0 Å². The van der Waals surface area contributed by atoms with Crippen molar-refractivity contribution >= 4 is 23.2 Å². The van der Waals surface area contributed by atoms with Crippen LogP contribution in [0.15, 0.2) is 77.4 Å². The Morgan fingerprint density at radius 1 is 1.04 bits per heavy atom. The first-order chi connectivity index (χ1) is 12.6. The van der Waals surface area contributed by atoms with Crippen molar-refractivity contribution < 1.29 is 13.9 Å². The molecule has 0 fully saturated rings. The van der Waals surface area contributed by atoms with Crippen LogP contribution in [0.4, 0.5) is 5.69 Å². The molecule has 0 aliphatic heterocycles. The summed E-state index contributed by atoms with van der Waals surface area (Å²) in [4.78, 5) is 12.9. The monoisotopic (exact) mass is 347 g/mol. The van der Waals surface area contributed by atoms with Crippen molar-refractivity contribution in [3.05, 3.63) is 84.3 Å². The largest absolute Gasteiger partial charge is 0.491 e. The van der Waals surface area contributed by atoms with Gasteiger partial charge in [0.15, 0.2) is 0 Å². The average molecular weight is 347 g/mol. The van der Waals surface area contributed by atoms with E-state index in [9.17, 15) is 4.79 Å². The van der Waals surface area contributed by atoms with Crippen LogP contribution in [-0.4, -0.2) is 12.0 Å². The molecule has 26 heavy (non-hydrogen) atoms. The SMILES string of the molecule is CC(C)Oc1cccc(NC(=O)/C(=C/c2ccco2)c2ccccc2)c1. The van der Waals surface area contributed by atoms with Crippen LogP contribution >= 0.6 is 0 Å². The third kappa shape index (κ3) is 4.63. The van der Waals surface area contributed by atoms with Gasteiger partial charge in [-0.2, -0.15) is 0 Å². The molecule has 0 aliphatic carbocycles. The van der Waals surface area contributed by atoms with Gasteiger partial charge in [-0.15, -0.1) is 0 Å². The van der Waals surface area contributed by atoms with Crippen LogP contribution in [0.3, 0.4) is 0 Å². The fourth-order valence-corrected chi connectivity index (χ4v) is 2.53. The molecule has 4 heteroatoms. The highest BCUT2D eigenvalue weighted by Crippen LogP contribution is 2.23. The van der Waals surface area contributed by atoms with E-state index in [0.29, 0.717) is 22.8 Å². The average Bonchev–Trinajstić information content (AvgIpc) is 3.13. The minimum Gasteiger partial charge on any atom is -0.491 e. The number of carbonyl (C=O) groups is 1. The van der Waals surface area contributed by atoms with E-state index in [4.69, 9.17) is 9.15 Å². The number of rotatable bonds is 6. The zero-order valence-electron chi connectivity index (χ0n) is 14.8. The minimum atomic E-state index is -0.214. The topological polar surface area (TPSA) is 51.5 Å². The molecule has 0 radical (unpaired) electrons. The Hall–Kier alpha value is -3.27. The van der Waals surface area contributed by atoms with E-state index in [2.05, 4.69) is 5.32 Å². The lowest BCUT2D eigenvalue weighted by molar-refractivity contribution is -0.111. The second-order valence-corrected chi connectivity index (χ2v) is 6.09.